The number of hydrogen-bond acceptors (Lipinski definition) is 3. The molecule has 0 radical (unpaired) electrons. The average Bonchev–Trinajstić information content (AvgIpc) is 2.19. The summed E-state index contributed by atoms with van der Waals surface area (Å²) in [7, 11) is 0. The summed E-state index contributed by atoms with van der Waals surface area (Å²) < 4.78 is 11.1. The summed E-state index contributed by atoms with van der Waals surface area (Å²) >= 11 is 0. The molecule has 1 atom stereocenters. The van der Waals surface area contributed by atoms with E-state index in [4.69, 9.17) is 9.47 Å². The molecule has 1 aliphatic rings. The molecule has 0 fully saturated rings. The van der Waals surface area contributed by atoms with Crippen LogP contribution in [0.5, 0.6) is 11.5 Å². The molecule has 1 aromatic carbocycles. The van der Waals surface area contributed by atoms with Gasteiger partial charge >= 0.3 is 0 Å². The van der Waals surface area contributed by atoms with Crippen molar-refractivity contribution < 1.29 is 14.3 Å². The van der Waals surface area contributed by atoms with E-state index in [1.165, 1.54) is 0 Å². The van der Waals surface area contributed by atoms with Crippen LogP contribution < -0.4 is 9.47 Å². The second-order valence-electron chi connectivity index (χ2n) is 3.62. The third-order valence-corrected chi connectivity index (χ3v) is 2.37. The van der Waals surface area contributed by atoms with Gasteiger partial charge < -0.3 is 9.47 Å². The number of ether oxygens (including phenoxy) is 2. The van der Waals surface area contributed by atoms with E-state index in [9.17, 15) is 4.79 Å². The molecule has 0 amide bonds. The molecular formula is C12H14O3. The minimum atomic E-state index is -0.0633. The van der Waals surface area contributed by atoms with E-state index in [1.807, 2.05) is 26.0 Å². The molecule has 80 valence electrons. The van der Waals surface area contributed by atoms with Crippen LogP contribution in [0.1, 0.15) is 30.6 Å². The van der Waals surface area contributed by atoms with Crippen LogP contribution in [0.15, 0.2) is 18.2 Å². The maximum atomic E-state index is 11.7. The van der Waals surface area contributed by atoms with Gasteiger partial charge in [0.25, 0.3) is 0 Å². The highest BCUT2D eigenvalue weighted by Gasteiger charge is 2.26. The molecule has 0 saturated heterocycles. The Labute approximate surface area is 89.0 Å². The van der Waals surface area contributed by atoms with Crippen LogP contribution in [0, 0.1) is 0 Å². The van der Waals surface area contributed by atoms with Gasteiger partial charge in [-0.15, -0.1) is 0 Å². The van der Waals surface area contributed by atoms with Gasteiger partial charge in [-0.1, -0.05) is 6.07 Å². The minimum absolute atomic E-state index is 0.0633. The number of carbonyl (C=O) groups excluding carboxylic acids is 1. The van der Waals surface area contributed by atoms with Gasteiger partial charge in [0.15, 0.2) is 17.3 Å². The fourth-order valence-electron chi connectivity index (χ4n) is 1.74. The molecule has 0 saturated carbocycles. The van der Waals surface area contributed by atoms with Gasteiger partial charge in [0.2, 0.25) is 0 Å². The zero-order valence-corrected chi connectivity index (χ0v) is 8.95. The number of rotatable bonds is 2. The van der Waals surface area contributed by atoms with Gasteiger partial charge in [0.05, 0.1) is 12.2 Å². The SMILES string of the molecule is CCOc1cccc2c1OC(C)CC2=O. The quantitative estimate of drug-likeness (QED) is 0.745. The Morgan fingerprint density at radius 3 is 3.07 bits per heavy atom. The summed E-state index contributed by atoms with van der Waals surface area (Å²) in [5.74, 6) is 1.39. The maximum absolute atomic E-state index is 11.7. The van der Waals surface area contributed by atoms with Gasteiger partial charge in [0, 0.05) is 6.42 Å². The van der Waals surface area contributed by atoms with Crippen molar-refractivity contribution in [3.05, 3.63) is 23.8 Å². The summed E-state index contributed by atoms with van der Waals surface area (Å²) in [5, 5.41) is 0. The molecule has 2 rings (SSSR count). The lowest BCUT2D eigenvalue weighted by Gasteiger charge is -2.24. The summed E-state index contributed by atoms with van der Waals surface area (Å²) in [6.45, 7) is 4.37. The monoisotopic (exact) mass is 206 g/mol. The highest BCUT2D eigenvalue weighted by atomic mass is 16.5. The predicted molar refractivity (Wildman–Crippen MR) is 56.6 cm³/mol. The van der Waals surface area contributed by atoms with Crippen molar-refractivity contribution in [2.45, 2.75) is 26.4 Å². The van der Waals surface area contributed by atoms with Gasteiger partial charge in [0.1, 0.15) is 6.10 Å². The summed E-state index contributed by atoms with van der Waals surface area (Å²) in [5.41, 5.74) is 0.638. The largest absolute Gasteiger partial charge is 0.490 e. The topological polar surface area (TPSA) is 35.5 Å². The molecule has 1 heterocycles. The van der Waals surface area contributed by atoms with Crippen LogP contribution in [0.25, 0.3) is 0 Å². The zero-order chi connectivity index (χ0) is 10.8. The molecule has 1 aliphatic heterocycles. The fraction of sp³-hybridized carbons (Fsp3) is 0.417. The van der Waals surface area contributed by atoms with E-state index in [2.05, 4.69) is 0 Å². The first-order valence-electron chi connectivity index (χ1n) is 5.18. The van der Waals surface area contributed by atoms with Crippen molar-refractivity contribution >= 4 is 5.78 Å². The fourth-order valence-corrected chi connectivity index (χ4v) is 1.74. The van der Waals surface area contributed by atoms with E-state index in [0.29, 0.717) is 30.1 Å². The smallest absolute Gasteiger partial charge is 0.172 e. The standard InChI is InChI=1S/C12H14O3/c1-3-14-11-6-4-5-9-10(13)7-8(2)15-12(9)11/h4-6,8H,3,7H2,1-2H3. The Morgan fingerprint density at radius 1 is 1.53 bits per heavy atom. The number of benzene rings is 1. The Hall–Kier alpha value is -1.51. The molecule has 0 spiro atoms. The molecule has 0 N–H and O–H groups in total. The van der Waals surface area contributed by atoms with Gasteiger partial charge in [-0.05, 0) is 26.0 Å². The molecule has 1 unspecified atom stereocenters. The van der Waals surface area contributed by atoms with E-state index < -0.39 is 0 Å². The molecular weight excluding hydrogens is 192 g/mol. The number of para-hydroxylation sites is 1. The Morgan fingerprint density at radius 2 is 2.33 bits per heavy atom. The molecule has 1 aromatic rings. The minimum Gasteiger partial charge on any atom is -0.490 e. The number of Topliss-reactive ketones (excluding diaryl/α,β-unsaturated/α-hetero) is 1. The van der Waals surface area contributed by atoms with Crippen LogP contribution in [0.3, 0.4) is 0 Å². The highest BCUT2D eigenvalue weighted by Crippen LogP contribution is 2.36. The van der Waals surface area contributed by atoms with Crippen LogP contribution >= 0.6 is 0 Å². The molecule has 3 nitrogen and oxygen atoms in total. The summed E-state index contributed by atoms with van der Waals surface area (Å²) in [4.78, 5) is 11.7. The molecule has 0 aliphatic carbocycles. The Balaban J connectivity index is 2.44. The number of ketones is 1. The van der Waals surface area contributed by atoms with Crippen molar-refractivity contribution in [2.24, 2.45) is 0 Å². The molecule has 0 aromatic heterocycles. The second kappa shape index (κ2) is 3.93. The third-order valence-electron chi connectivity index (χ3n) is 2.37. The number of fused-ring (bicyclic) bond motifs is 1. The Kier molecular flexibility index (Phi) is 2.62. The lowest BCUT2D eigenvalue weighted by Crippen LogP contribution is -2.24. The van der Waals surface area contributed by atoms with Crippen LogP contribution in [-0.2, 0) is 0 Å². The van der Waals surface area contributed by atoms with Crippen LogP contribution in [0.2, 0.25) is 0 Å². The molecule has 3 heteroatoms. The molecule has 0 bridgehead atoms. The van der Waals surface area contributed by atoms with E-state index >= 15 is 0 Å². The van der Waals surface area contributed by atoms with Crippen molar-refractivity contribution in [3.8, 4) is 11.5 Å². The lowest BCUT2D eigenvalue weighted by atomic mass is 10.0. The van der Waals surface area contributed by atoms with Crippen LogP contribution in [-0.4, -0.2) is 18.5 Å². The predicted octanol–water partition coefficient (Wildman–Crippen LogP) is 2.44. The highest BCUT2D eigenvalue weighted by molar-refractivity contribution is 6.00. The zero-order valence-electron chi connectivity index (χ0n) is 8.95. The first-order valence-corrected chi connectivity index (χ1v) is 5.18. The average molecular weight is 206 g/mol. The van der Waals surface area contributed by atoms with E-state index in [-0.39, 0.29) is 11.9 Å². The number of carbonyl (C=O) groups is 1. The van der Waals surface area contributed by atoms with E-state index in [1.54, 1.807) is 6.07 Å². The van der Waals surface area contributed by atoms with Crippen molar-refractivity contribution in [1.82, 2.24) is 0 Å². The van der Waals surface area contributed by atoms with Gasteiger partial charge in [-0.25, -0.2) is 0 Å². The lowest BCUT2D eigenvalue weighted by molar-refractivity contribution is 0.0863. The van der Waals surface area contributed by atoms with Crippen molar-refractivity contribution in [1.29, 1.82) is 0 Å². The number of hydrogen-bond donors (Lipinski definition) is 0. The first-order chi connectivity index (χ1) is 7.22. The summed E-state index contributed by atoms with van der Waals surface area (Å²) in [6.07, 6.45) is 0.384. The molecule has 15 heavy (non-hydrogen) atoms. The van der Waals surface area contributed by atoms with Gasteiger partial charge in [-0.3, -0.25) is 4.79 Å². The Bertz CT molecular complexity index is 384. The first kappa shape index (κ1) is 10.0. The van der Waals surface area contributed by atoms with Crippen molar-refractivity contribution in [3.63, 3.8) is 0 Å². The van der Waals surface area contributed by atoms with Crippen LogP contribution in [0.4, 0.5) is 0 Å². The third kappa shape index (κ3) is 1.82. The van der Waals surface area contributed by atoms with Gasteiger partial charge in [-0.2, -0.15) is 0 Å². The second-order valence-corrected chi connectivity index (χ2v) is 3.62. The van der Waals surface area contributed by atoms with Crippen molar-refractivity contribution in [2.75, 3.05) is 6.61 Å². The maximum Gasteiger partial charge on any atom is 0.172 e. The van der Waals surface area contributed by atoms with E-state index in [0.717, 1.165) is 0 Å². The normalized spacial score (nSPS) is 19.3. The summed E-state index contributed by atoms with van der Waals surface area (Å²) in [6, 6.07) is 5.43.